The van der Waals surface area contributed by atoms with Gasteiger partial charge >= 0.3 is 0 Å². The van der Waals surface area contributed by atoms with E-state index >= 15 is 0 Å². The molecule has 0 aliphatic heterocycles. The van der Waals surface area contributed by atoms with E-state index in [1.807, 2.05) is 0 Å². The third kappa shape index (κ3) is 2.82. The maximum atomic E-state index is 12.1. The molecule has 104 valence electrons. The lowest BCUT2D eigenvalue weighted by Crippen LogP contribution is -2.27. The average Bonchev–Trinajstić information content (AvgIpc) is 2.92. The number of rotatable bonds is 4. The monoisotopic (exact) mass is 274 g/mol. The Morgan fingerprint density at radius 3 is 2.85 bits per heavy atom. The number of nitrogens with zero attached hydrogens (tertiary/aromatic N) is 2. The number of carbonyl (C=O) groups excluding carboxylic acids is 1. The van der Waals surface area contributed by atoms with Gasteiger partial charge in [-0.2, -0.15) is 0 Å². The molecule has 1 heterocycles. The number of benzene rings is 1. The van der Waals surface area contributed by atoms with Gasteiger partial charge in [0.1, 0.15) is 5.82 Å². The molecule has 0 saturated heterocycles. The Balaban J connectivity index is 2.17. The molecule has 0 radical (unpaired) electrons. The number of nitro groups is 1. The zero-order chi connectivity index (χ0) is 14.7. The summed E-state index contributed by atoms with van der Waals surface area (Å²) >= 11 is 0. The first-order valence-corrected chi connectivity index (χ1v) is 6.04. The van der Waals surface area contributed by atoms with Gasteiger partial charge in [-0.25, -0.2) is 4.98 Å². The summed E-state index contributed by atoms with van der Waals surface area (Å²) in [7, 11) is 0. The fourth-order valence-corrected chi connectivity index (χ4v) is 1.81. The van der Waals surface area contributed by atoms with Crippen molar-refractivity contribution in [2.45, 2.75) is 19.9 Å². The van der Waals surface area contributed by atoms with E-state index in [1.54, 1.807) is 38.4 Å². The second-order valence-corrected chi connectivity index (χ2v) is 4.43. The number of nitro benzene ring substituents is 1. The number of imidazole rings is 1. The Bertz CT molecular complexity index is 637. The van der Waals surface area contributed by atoms with Crippen LogP contribution in [0.5, 0.6) is 0 Å². The molecule has 0 saturated carbocycles. The van der Waals surface area contributed by atoms with Crippen LogP contribution in [0.2, 0.25) is 0 Å². The molecule has 2 rings (SSSR count). The van der Waals surface area contributed by atoms with Crippen molar-refractivity contribution in [2.75, 3.05) is 0 Å². The van der Waals surface area contributed by atoms with Gasteiger partial charge in [-0.05, 0) is 19.9 Å². The average molecular weight is 274 g/mol. The molecule has 2 N–H and O–H groups in total. The number of aromatic nitrogens is 2. The molecular weight excluding hydrogens is 260 g/mol. The van der Waals surface area contributed by atoms with Gasteiger partial charge in [-0.3, -0.25) is 14.9 Å². The highest BCUT2D eigenvalue weighted by atomic mass is 16.6. The molecule has 0 aliphatic rings. The van der Waals surface area contributed by atoms with E-state index in [-0.39, 0.29) is 23.2 Å². The topological polar surface area (TPSA) is 101 Å². The normalized spacial score (nSPS) is 11.9. The van der Waals surface area contributed by atoms with Gasteiger partial charge in [-0.1, -0.05) is 6.07 Å². The van der Waals surface area contributed by atoms with E-state index in [4.69, 9.17) is 0 Å². The maximum absolute atomic E-state index is 12.1. The first-order valence-electron chi connectivity index (χ1n) is 6.04. The summed E-state index contributed by atoms with van der Waals surface area (Å²) in [5.74, 6) is 0.247. The molecular formula is C13H14N4O3. The molecule has 1 amide bonds. The van der Waals surface area contributed by atoms with Crippen LogP contribution in [0.25, 0.3) is 0 Å². The SMILES string of the molecule is Cc1ccc(C(=O)NC(C)c2ncc[nH]2)cc1[N+](=O)[O-]. The molecule has 2 aromatic rings. The van der Waals surface area contributed by atoms with Gasteiger partial charge in [0.05, 0.1) is 11.0 Å². The van der Waals surface area contributed by atoms with Gasteiger partial charge in [0.25, 0.3) is 11.6 Å². The lowest BCUT2D eigenvalue weighted by molar-refractivity contribution is -0.385. The van der Waals surface area contributed by atoms with Gasteiger partial charge < -0.3 is 10.3 Å². The number of hydrogen-bond acceptors (Lipinski definition) is 4. The second-order valence-electron chi connectivity index (χ2n) is 4.43. The van der Waals surface area contributed by atoms with Crippen LogP contribution < -0.4 is 5.32 Å². The Morgan fingerprint density at radius 2 is 2.25 bits per heavy atom. The summed E-state index contributed by atoms with van der Waals surface area (Å²) in [6, 6.07) is 4.09. The Kier molecular flexibility index (Phi) is 3.79. The quantitative estimate of drug-likeness (QED) is 0.658. The predicted molar refractivity (Wildman–Crippen MR) is 72.3 cm³/mol. The molecule has 1 aromatic carbocycles. The van der Waals surface area contributed by atoms with E-state index in [9.17, 15) is 14.9 Å². The third-order valence-electron chi connectivity index (χ3n) is 2.95. The molecule has 20 heavy (non-hydrogen) atoms. The number of nitrogens with one attached hydrogen (secondary N) is 2. The molecule has 7 nitrogen and oxygen atoms in total. The van der Waals surface area contributed by atoms with Crippen LogP contribution in [0.1, 0.15) is 34.7 Å². The third-order valence-corrected chi connectivity index (χ3v) is 2.95. The van der Waals surface area contributed by atoms with Crippen molar-refractivity contribution in [3.63, 3.8) is 0 Å². The number of H-pyrrole nitrogens is 1. The summed E-state index contributed by atoms with van der Waals surface area (Å²) < 4.78 is 0. The Labute approximate surface area is 115 Å². The first-order chi connectivity index (χ1) is 9.49. The second kappa shape index (κ2) is 5.52. The van der Waals surface area contributed by atoms with Gasteiger partial charge in [0.2, 0.25) is 0 Å². The molecule has 1 unspecified atom stereocenters. The van der Waals surface area contributed by atoms with E-state index < -0.39 is 4.92 Å². The van der Waals surface area contributed by atoms with Crippen LogP contribution in [0.15, 0.2) is 30.6 Å². The Hall–Kier alpha value is -2.70. The van der Waals surface area contributed by atoms with Crippen molar-refractivity contribution >= 4 is 11.6 Å². The molecule has 0 fully saturated rings. The molecule has 1 aromatic heterocycles. The highest BCUT2D eigenvalue weighted by Crippen LogP contribution is 2.19. The minimum atomic E-state index is -0.498. The fraction of sp³-hybridized carbons (Fsp3) is 0.231. The van der Waals surface area contributed by atoms with Crippen molar-refractivity contribution in [3.8, 4) is 0 Å². The standard InChI is InChI=1S/C13H14N4O3/c1-8-3-4-10(7-11(8)17(19)20)13(18)16-9(2)12-14-5-6-15-12/h3-7,9H,1-2H3,(H,14,15)(H,16,18). The zero-order valence-electron chi connectivity index (χ0n) is 11.1. The zero-order valence-corrected chi connectivity index (χ0v) is 11.1. The van der Waals surface area contributed by atoms with Crippen molar-refractivity contribution in [1.82, 2.24) is 15.3 Å². The number of amides is 1. The lowest BCUT2D eigenvalue weighted by Gasteiger charge is -2.11. The largest absolute Gasteiger partial charge is 0.347 e. The molecule has 1 atom stereocenters. The predicted octanol–water partition coefficient (Wildman–Crippen LogP) is 2.12. The minimum Gasteiger partial charge on any atom is -0.347 e. The smallest absolute Gasteiger partial charge is 0.273 e. The molecule has 0 spiro atoms. The van der Waals surface area contributed by atoms with E-state index in [1.165, 1.54) is 6.07 Å². The van der Waals surface area contributed by atoms with E-state index in [2.05, 4.69) is 15.3 Å². The summed E-state index contributed by atoms with van der Waals surface area (Å²) in [6.07, 6.45) is 3.25. The summed E-state index contributed by atoms with van der Waals surface area (Å²) in [5, 5.41) is 13.6. The number of aromatic amines is 1. The van der Waals surface area contributed by atoms with Gasteiger partial charge in [0.15, 0.2) is 0 Å². The van der Waals surface area contributed by atoms with Crippen LogP contribution >= 0.6 is 0 Å². The highest BCUT2D eigenvalue weighted by molar-refractivity contribution is 5.95. The highest BCUT2D eigenvalue weighted by Gasteiger charge is 2.17. The van der Waals surface area contributed by atoms with Crippen molar-refractivity contribution in [1.29, 1.82) is 0 Å². The summed E-state index contributed by atoms with van der Waals surface area (Å²) in [6.45, 7) is 3.41. The van der Waals surface area contributed by atoms with Crippen LogP contribution in [0.3, 0.4) is 0 Å². The van der Waals surface area contributed by atoms with Crippen LogP contribution in [-0.2, 0) is 0 Å². The lowest BCUT2D eigenvalue weighted by atomic mass is 10.1. The summed E-state index contributed by atoms with van der Waals surface area (Å²) in [4.78, 5) is 29.4. The van der Waals surface area contributed by atoms with E-state index in [0.717, 1.165) is 0 Å². The molecule has 0 aliphatic carbocycles. The number of hydrogen-bond donors (Lipinski definition) is 2. The minimum absolute atomic E-state index is 0.0664. The van der Waals surface area contributed by atoms with Crippen molar-refractivity contribution < 1.29 is 9.72 Å². The number of aryl methyl sites for hydroxylation is 1. The van der Waals surface area contributed by atoms with Crippen molar-refractivity contribution in [2.24, 2.45) is 0 Å². The molecule has 7 heteroatoms. The first kappa shape index (κ1) is 13.7. The van der Waals surface area contributed by atoms with Crippen molar-refractivity contribution in [3.05, 3.63) is 57.7 Å². The van der Waals surface area contributed by atoms with E-state index in [0.29, 0.717) is 11.4 Å². The van der Waals surface area contributed by atoms with Crippen LogP contribution in [0.4, 0.5) is 5.69 Å². The fourth-order valence-electron chi connectivity index (χ4n) is 1.81. The number of carbonyl (C=O) groups is 1. The van der Waals surface area contributed by atoms with Gasteiger partial charge in [0, 0.05) is 29.6 Å². The van der Waals surface area contributed by atoms with Gasteiger partial charge in [-0.15, -0.1) is 0 Å². The maximum Gasteiger partial charge on any atom is 0.273 e. The Morgan fingerprint density at radius 1 is 1.50 bits per heavy atom. The van der Waals surface area contributed by atoms with Crippen LogP contribution in [-0.4, -0.2) is 20.8 Å². The van der Waals surface area contributed by atoms with Crippen LogP contribution in [0, 0.1) is 17.0 Å². The molecule has 0 bridgehead atoms. The summed E-state index contributed by atoms with van der Waals surface area (Å²) in [5.41, 5.74) is 0.703.